The first kappa shape index (κ1) is 19.5. The minimum Gasteiger partial charge on any atom is -0.360 e. The lowest BCUT2D eigenvalue weighted by atomic mass is 10.2. The molecule has 3 N–H and O–H groups in total. The van der Waals surface area contributed by atoms with E-state index in [1.54, 1.807) is 31.2 Å². The van der Waals surface area contributed by atoms with E-state index >= 15 is 0 Å². The maximum atomic E-state index is 12.2. The number of anilines is 2. The number of hydrogen-bond acceptors (Lipinski definition) is 5. The van der Waals surface area contributed by atoms with Gasteiger partial charge >= 0.3 is 0 Å². The van der Waals surface area contributed by atoms with Crippen LogP contribution in [0.15, 0.2) is 59.1 Å². The third-order valence-corrected chi connectivity index (χ3v) is 4.69. The van der Waals surface area contributed by atoms with Gasteiger partial charge in [-0.15, -0.1) is 0 Å². The highest BCUT2D eigenvalue weighted by molar-refractivity contribution is 7.85. The van der Waals surface area contributed by atoms with Crippen LogP contribution in [0.4, 0.5) is 11.4 Å². The van der Waals surface area contributed by atoms with E-state index in [4.69, 9.17) is 21.4 Å². The minimum atomic E-state index is -4.31. The maximum absolute atomic E-state index is 12.2. The van der Waals surface area contributed by atoms with E-state index in [0.717, 1.165) is 17.7 Å². The summed E-state index contributed by atoms with van der Waals surface area (Å²) in [5.41, 5.74) is 1.49. The van der Waals surface area contributed by atoms with Crippen molar-refractivity contribution in [2.24, 2.45) is 0 Å². The van der Waals surface area contributed by atoms with Gasteiger partial charge in [-0.05, 0) is 48.9 Å². The molecule has 0 aliphatic rings. The summed E-state index contributed by atoms with van der Waals surface area (Å²) in [7, 11) is -4.31. The highest BCUT2D eigenvalue weighted by Gasteiger charge is 2.12. The Morgan fingerprint density at radius 1 is 1.23 bits per heavy atom. The molecule has 0 aromatic heterocycles. The molecular weight excluding hydrogens is 378 g/mol. The molecule has 134 valence electrons. The monoisotopic (exact) mass is 391 g/mol. The second-order valence-corrected chi connectivity index (χ2v) is 7.01. The number of nitriles is 1. The smallest absolute Gasteiger partial charge is 0.294 e. The Kier molecular flexibility index (Phi) is 6.00. The molecule has 0 aliphatic heterocycles. The molecule has 2 aromatic rings. The van der Waals surface area contributed by atoms with Crippen molar-refractivity contribution >= 4 is 39.0 Å². The van der Waals surface area contributed by atoms with Crippen LogP contribution >= 0.6 is 11.6 Å². The van der Waals surface area contributed by atoms with E-state index in [0.29, 0.717) is 10.7 Å². The summed E-state index contributed by atoms with van der Waals surface area (Å²) < 4.78 is 30.9. The van der Waals surface area contributed by atoms with Gasteiger partial charge in [0.05, 0.1) is 4.90 Å². The van der Waals surface area contributed by atoms with Crippen molar-refractivity contribution in [2.75, 3.05) is 10.6 Å². The van der Waals surface area contributed by atoms with Crippen LogP contribution in [0.25, 0.3) is 0 Å². The number of carbonyl (C=O) groups is 1. The second kappa shape index (κ2) is 8.01. The summed E-state index contributed by atoms with van der Waals surface area (Å²) in [6, 6.07) is 11.8. The zero-order chi connectivity index (χ0) is 19.3. The van der Waals surface area contributed by atoms with Gasteiger partial charge in [-0.2, -0.15) is 13.7 Å². The summed E-state index contributed by atoms with van der Waals surface area (Å²) in [6.07, 6.45) is 1.25. The Morgan fingerprint density at radius 3 is 2.46 bits per heavy atom. The average Bonchev–Trinajstić information content (AvgIpc) is 2.58. The fourth-order valence-electron chi connectivity index (χ4n) is 1.97. The molecule has 2 rings (SSSR count). The van der Waals surface area contributed by atoms with Gasteiger partial charge in [0.15, 0.2) is 0 Å². The summed E-state index contributed by atoms with van der Waals surface area (Å²) in [5, 5.41) is 15.0. The molecule has 0 atom stereocenters. The summed E-state index contributed by atoms with van der Waals surface area (Å²) in [4.78, 5) is 11.9. The van der Waals surface area contributed by atoms with Crippen LogP contribution in [-0.2, 0) is 14.9 Å². The Balaban J connectivity index is 2.13. The quantitative estimate of drug-likeness (QED) is 0.408. The lowest BCUT2D eigenvalue weighted by Crippen LogP contribution is -2.14. The average molecular weight is 392 g/mol. The molecule has 7 nitrogen and oxygen atoms in total. The number of benzene rings is 2. The van der Waals surface area contributed by atoms with Gasteiger partial charge in [0.2, 0.25) is 0 Å². The number of amides is 1. The molecule has 0 spiro atoms. The van der Waals surface area contributed by atoms with Gasteiger partial charge in [0, 0.05) is 22.6 Å². The van der Waals surface area contributed by atoms with Crippen molar-refractivity contribution in [3.8, 4) is 6.07 Å². The molecule has 9 heteroatoms. The van der Waals surface area contributed by atoms with Crippen LogP contribution in [0.2, 0.25) is 5.02 Å². The van der Waals surface area contributed by atoms with Gasteiger partial charge in [-0.1, -0.05) is 17.7 Å². The number of halogens is 1. The predicted molar refractivity (Wildman–Crippen MR) is 98.4 cm³/mol. The van der Waals surface area contributed by atoms with E-state index in [1.165, 1.54) is 18.3 Å². The SMILES string of the molecule is Cc1c(Cl)cccc1N/C=C(/C#N)C(=O)Nc1ccc(S(=O)(=O)O)cc1. The van der Waals surface area contributed by atoms with Gasteiger partial charge < -0.3 is 10.6 Å². The zero-order valence-electron chi connectivity index (χ0n) is 13.5. The molecule has 26 heavy (non-hydrogen) atoms. The normalized spacial score (nSPS) is 11.5. The highest BCUT2D eigenvalue weighted by atomic mass is 35.5. The van der Waals surface area contributed by atoms with Crippen LogP contribution < -0.4 is 10.6 Å². The van der Waals surface area contributed by atoms with Crippen molar-refractivity contribution in [3.63, 3.8) is 0 Å². The van der Waals surface area contributed by atoms with E-state index < -0.39 is 16.0 Å². The molecule has 0 heterocycles. The Morgan fingerprint density at radius 2 is 1.88 bits per heavy atom. The first-order valence-corrected chi connectivity index (χ1v) is 9.05. The number of carbonyl (C=O) groups excluding carboxylic acids is 1. The lowest BCUT2D eigenvalue weighted by molar-refractivity contribution is -0.112. The largest absolute Gasteiger partial charge is 0.360 e. The Bertz CT molecular complexity index is 1010. The topological polar surface area (TPSA) is 119 Å². The maximum Gasteiger partial charge on any atom is 0.294 e. The number of nitrogens with one attached hydrogen (secondary N) is 2. The summed E-state index contributed by atoms with van der Waals surface area (Å²) >= 11 is 6.01. The molecule has 0 unspecified atom stereocenters. The Hall–Kier alpha value is -2.86. The van der Waals surface area contributed by atoms with Crippen LogP contribution in [-0.4, -0.2) is 18.9 Å². The molecular formula is C17H14ClN3O4S. The predicted octanol–water partition coefficient (Wildman–Crippen LogP) is 3.35. The van der Waals surface area contributed by atoms with Crippen LogP contribution in [0.3, 0.4) is 0 Å². The molecule has 0 bridgehead atoms. The summed E-state index contributed by atoms with van der Waals surface area (Å²) in [6.45, 7) is 1.79. The fourth-order valence-corrected chi connectivity index (χ4v) is 2.63. The molecule has 1 amide bonds. The fraction of sp³-hybridized carbons (Fsp3) is 0.0588. The number of nitrogens with zero attached hydrogens (tertiary/aromatic N) is 1. The Labute approximate surface area is 155 Å². The van der Waals surface area contributed by atoms with Crippen molar-refractivity contribution < 1.29 is 17.8 Å². The van der Waals surface area contributed by atoms with E-state index in [-0.39, 0.29) is 16.2 Å². The van der Waals surface area contributed by atoms with Gasteiger partial charge in [-0.25, -0.2) is 0 Å². The summed E-state index contributed by atoms with van der Waals surface area (Å²) in [5.74, 6) is -0.681. The van der Waals surface area contributed by atoms with Gasteiger partial charge in [0.25, 0.3) is 16.0 Å². The second-order valence-electron chi connectivity index (χ2n) is 5.18. The van der Waals surface area contributed by atoms with E-state index in [1.807, 2.05) is 0 Å². The standard InChI is InChI=1S/C17H14ClN3O4S/c1-11-15(18)3-2-4-16(11)20-10-12(9-19)17(22)21-13-5-7-14(8-6-13)26(23,24)25/h2-8,10,20H,1H3,(H,21,22)(H,23,24,25)/b12-10-. The van der Waals surface area contributed by atoms with Gasteiger partial charge in [0.1, 0.15) is 11.6 Å². The molecule has 0 saturated heterocycles. The van der Waals surface area contributed by atoms with Crippen LogP contribution in [0.1, 0.15) is 5.56 Å². The highest BCUT2D eigenvalue weighted by Crippen LogP contribution is 2.23. The van der Waals surface area contributed by atoms with Gasteiger partial charge in [-0.3, -0.25) is 9.35 Å². The van der Waals surface area contributed by atoms with Crippen molar-refractivity contribution in [1.82, 2.24) is 0 Å². The lowest BCUT2D eigenvalue weighted by Gasteiger charge is -2.08. The van der Waals surface area contributed by atoms with Crippen molar-refractivity contribution in [3.05, 3.63) is 64.8 Å². The van der Waals surface area contributed by atoms with E-state index in [2.05, 4.69) is 10.6 Å². The number of hydrogen-bond donors (Lipinski definition) is 3. The first-order valence-electron chi connectivity index (χ1n) is 7.23. The molecule has 0 saturated carbocycles. The third-order valence-electron chi connectivity index (χ3n) is 3.41. The van der Waals surface area contributed by atoms with Crippen LogP contribution in [0, 0.1) is 18.3 Å². The van der Waals surface area contributed by atoms with Crippen molar-refractivity contribution in [2.45, 2.75) is 11.8 Å². The molecule has 0 aliphatic carbocycles. The molecule has 2 aromatic carbocycles. The van der Waals surface area contributed by atoms with Crippen molar-refractivity contribution in [1.29, 1.82) is 5.26 Å². The zero-order valence-corrected chi connectivity index (χ0v) is 15.1. The van der Waals surface area contributed by atoms with Crippen LogP contribution in [0.5, 0.6) is 0 Å². The first-order chi connectivity index (χ1) is 12.2. The number of rotatable bonds is 5. The molecule has 0 radical (unpaired) electrons. The minimum absolute atomic E-state index is 0.191. The van der Waals surface area contributed by atoms with E-state index in [9.17, 15) is 13.2 Å². The molecule has 0 fully saturated rings. The third kappa shape index (κ3) is 4.83.